The van der Waals surface area contributed by atoms with Crippen molar-refractivity contribution in [3.8, 4) is 0 Å². The Morgan fingerprint density at radius 3 is 2.25 bits per heavy atom. The number of carbonyl (C=O) groups is 3. The molecule has 1 aromatic carbocycles. The number of fused-ring (bicyclic) bond motifs is 1. The summed E-state index contributed by atoms with van der Waals surface area (Å²) in [5.41, 5.74) is 2.79. The first-order chi connectivity index (χ1) is 13.0. The quantitative estimate of drug-likeness (QED) is 0.555. The van der Waals surface area contributed by atoms with Gasteiger partial charge < -0.3 is 4.90 Å². The van der Waals surface area contributed by atoms with Crippen molar-refractivity contribution in [3.63, 3.8) is 0 Å². The van der Waals surface area contributed by atoms with Gasteiger partial charge in [-0.1, -0.05) is 18.5 Å². The summed E-state index contributed by atoms with van der Waals surface area (Å²) in [7, 11) is 2.72. The second-order valence-corrected chi connectivity index (χ2v) is 8.57. The normalized spacial score (nSPS) is 22.0. The molecule has 0 spiro atoms. The first-order valence-corrected chi connectivity index (χ1v) is 9.80. The molecule has 2 aliphatic rings. The van der Waals surface area contributed by atoms with Gasteiger partial charge in [0.1, 0.15) is 5.57 Å². The molecule has 0 aliphatic carbocycles. The van der Waals surface area contributed by atoms with Crippen LogP contribution in [0.3, 0.4) is 0 Å². The molecular formula is C21H26ClN3O3. The van der Waals surface area contributed by atoms with E-state index < -0.39 is 17.8 Å². The van der Waals surface area contributed by atoms with E-state index in [0.717, 1.165) is 34.0 Å². The van der Waals surface area contributed by atoms with Gasteiger partial charge >= 0.3 is 6.03 Å². The number of imide groups is 2. The fraction of sp³-hybridized carbons (Fsp3) is 0.476. The van der Waals surface area contributed by atoms with Crippen LogP contribution in [0.1, 0.15) is 51.2 Å². The number of benzene rings is 1. The molecule has 2 aliphatic heterocycles. The first-order valence-electron chi connectivity index (χ1n) is 9.42. The van der Waals surface area contributed by atoms with Gasteiger partial charge in [0, 0.05) is 36.9 Å². The second-order valence-electron chi connectivity index (χ2n) is 8.16. The van der Waals surface area contributed by atoms with E-state index in [9.17, 15) is 14.4 Å². The maximum atomic E-state index is 12.5. The van der Waals surface area contributed by atoms with E-state index in [-0.39, 0.29) is 11.1 Å². The molecular weight excluding hydrogens is 378 g/mol. The topological polar surface area (TPSA) is 60.9 Å². The highest BCUT2D eigenvalue weighted by Crippen LogP contribution is 2.45. The third-order valence-electron chi connectivity index (χ3n) is 5.76. The summed E-state index contributed by atoms with van der Waals surface area (Å²) in [5, 5.41) is 0.470. The van der Waals surface area contributed by atoms with Gasteiger partial charge in [0.05, 0.1) is 0 Å². The zero-order valence-corrected chi connectivity index (χ0v) is 17.9. The Balaban J connectivity index is 2.12. The third-order valence-corrected chi connectivity index (χ3v) is 6.09. The number of likely N-dealkylation sites (N-methyl/N-ethyl adjacent to an activating group) is 2. The average molecular weight is 404 g/mol. The Morgan fingerprint density at radius 1 is 1.14 bits per heavy atom. The number of hydrogen-bond acceptors (Lipinski definition) is 4. The van der Waals surface area contributed by atoms with Crippen LogP contribution in [-0.2, 0) is 9.59 Å². The molecule has 28 heavy (non-hydrogen) atoms. The highest BCUT2D eigenvalue weighted by atomic mass is 35.5. The minimum Gasteiger partial charge on any atom is -0.366 e. The van der Waals surface area contributed by atoms with Crippen LogP contribution in [0.25, 0.3) is 6.08 Å². The summed E-state index contributed by atoms with van der Waals surface area (Å²) in [6.45, 7) is 9.60. The molecule has 0 aromatic heterocycles. The molecule has 0 bridgehead atoms. The standard InChI is InChI=1S/C21H26ClN3O3/c1-7-25-17-10-16(22)13(8-14(17)12(2)11-21(25,3)4)9-15-18(26)23(5)20(28)24(6)19(15)27/h8-10,12H,7,11H2,1-6H3. The molecule has 1 aromatic rings. The van der Waals surface area contributed by atoms with Crippen LogP contribution in [0, 0.1) is 0 Å². The van der Waals surface area contributed by atoms with E-state index in [4.69, 9.17) is 11.6 Å². The average Bonchev–Trinajstić information content (AvgIpc) is 2.62. The fourth-order valence-electron chi connectivity index (χ4n) is 4.36. The molecule has 6 nitrogen and oxygen atoms in total. The lowest BCUT2D eigenvalue weighted by molar-refractivity contribution is -0.134. The van der Waals surface area contributed by atoms with E-state index in [0.29, 0.717) is 16.5 Å². The van der Waals surface area contributed by atoms with Crippen molar-refractivity contribution in [1.29, 1.82) is 0 Å². The number of urea groups is 1. The Morgan fingerprint density at radius 2 is 1.71 bits per heavy atom. The minimum absolute atomic E-state index is 0.0194. The van der Waals surface area contributed by atoms with Crippen LogP contribution in [0.5, 0.6) is 0 Å². The van der Waals surface area contributed by atoms with Gasteiger partial charge in [-0.3, -0.25) is 19.4 Å². The predicted molar refractivity (Wildman–Crippen MR) is 110 cm³/mol. The van der Waals surface area contributed by atoms with Crippen molar-refractivity contribution in [2.45, 2.75) is 45.6 Å². The van der Waals surface area contributed by atoms with Gasteiger partial charge in [-0.25, -0.2) is 4.79 Å². The highest BCUT2D eigenvalue weighted by Gasteiger charge is 2.39. The smallest absolute Gasteiger partial charge is 0.333 e. The van der Waals surface area contributed by atoms with Crippen molar-refractivity contribution >= 4 is 41.2 Å². The van der Waals surface area contributed by atoms with E-state index in [1.54, 1.807) is 0 Å². The van der Waals surface area contributed by atoms with Crippen LogP contribution < -0.4 is 4.90 Å². The lowest BCUT2D eigenvalue weighted by atomic mass is 9.79. The molecule has 1 atom stereocenters. The number of rotatable bonds is 2. The Kier molecular flexibility index (Phi) is 5.04. The number of halogens is 1. The summed E-state index contributed by atoms with van der Waals surface area (Å²) in [6.07, 6.45) is 2.48. The van der Waals surface area contributed by atoms with E-state index in [1.165, 1.54) is 20.2 Å². The second kappa shape index (κ2) is 6.92. The van der Waals surface area contributed by atoms with E-state index >= 15 is 0 Å². The SMILES string of the molecule is CCN1c2cc(Cl)c(C=C3C(=O)N(C)C(=O)N(C)C3=O)cc2C(C)CC1(C)C. The number of carbonyl (C=O) groups excluding carboxylic acids is 3. The van der Waals surface area contributed by atoms with Crippen LogP contribution in [-0.4, -0.2) is 53.8 Å². The molecule has 7 heteroatoms. The number of anilines is 1. The lowest BCUT2D eigenvalue weighted by Crippen LogP contribution is -2.52. The van der Waals surface area contributed by atoms with Crippen molar-refractivity contribution in [2.75, 3.05) is 25.5 Å². The van der Waals surface area contributed by atoms with E-state index in [1.807, 2.05) is 12.1 Å². The van der Waals surface area contributed by atoms with Crippen molar-refractivity contribution < 1.29 is 14.4 Å². The number of amides is 4. The zero-order chi connectivity index (χ0) is 21.0. The van der Waals surface area contributed by atoms with E-state index in [2.05, 4.69) is 32.6 Å². The summed E-state index contributed by atoms with van der Waals surface area (Å²) in [4.78, 5) is 41.1. The van der Waals surface area contributed by atoms with Crippen LogP contribution in [0.4, 0.5) is 10.5 Å². The highest BCUT2D eigenvalue weighted by molar-refractivity contribution is 6.34. The van der Waals surface area contributed by atoms with Gasteiger partial charge in [0.2, 0.25) is 0 Å². The molecule has 0 radical (unpaired) electrons. The molecule has 3 rings (SSSR count). The molecule has 4 amide bonds. The fourth-order valence-corrected chi connectivity index (χ4v) is 4.57. The lowest BCUT2D eigenvalue weighted by Gasteiger charge is -2.47. The number of barbiturate groups is 1. The largest absolute Gasteiger partial charge is 0.366 e. The van der Waals surface area contributed by atoms with Gasteiger partial charge in [-0.15, -0.1) is 0 Å². The van der Waals surface area contributed by atoms with Crippen molar-refractivity contribution in [3.05, 3.63) is 33.9 Å². The van der Waals surface area contributed by atoms with Crippen LogP contribution >= 0.6 is 11.6 Å². The van der Waals surface area contributed by atoms with Gasteiger partial charge in [0.15, 0.2) is 0 Å². The van der Waals surface area contributed by atoms with Crippen LogP contribution in [0.2, 0.25) is 5.02 Å². The molecule has 1 saturated heterocycles. The summed E-state index contributed by atoms with van der Waals surface area (Å²) in [5.74, 6) is -0.926. The molecule has 0 saturated carbocycles. The Hall–Kier alpha value is -2.34. The Labute approximate surface area is 170 Å². The monoisotopic (exact) mass is 403 g/mol. The first kappa shape index (κ1) is 20.4. The van der Waals surface area contributed by atoms with Gasteiger partial charge in [-0.05, 0) is 62.4 Å². The third kappa shape index (κ3) is 3.09. The van der Waals surface area contributed by atoms with Crippen molar-refractivity contribution in [2.24, 2.45) is 0 Å². The maximum absolute atomic E-state index is 12.5. The minimum atomic E-state index is -0.641. The summed E-state index contributed by atoms with van der Waals surface area (Å²) < 4.78 is 0. The van der Waals surface area contributed by atoms with Gasteiger partial charge in [0.25, 0.3) is 11.8 Å². The van der Waals surface area contributed by atoms with Crippen molar-refractivity contribution in [1.82, 2.24) is 9.80 Å². The predicted octanol–water partition coefficient (Wildman–Crippen LogP) is 3.89. The summed E-state index contributed by atoms with van der Waals surface area (Å²) in [6, 6.07) is 3.24. The van der Waals surface area contributed by atoms with Gasteiger partial charge in [-0.2, -0.15) is 0 Å². The van der Waals surface area contributed by atoms with Crippen LogP contribution in [0.15, 0.2) is 17.7 Å². The molecule has 1 unspecified atom stereocenters. The number of nitrogens with zero attached hydrogens (tertiary/aromatic N) is 3. The summed E-state index contributed by atoms with van der Waals surface area (Å²) >= 11 is 6.55. The molecule has 150 valence electrons. The Bertz CT molecular complexity index is 880. The molecule has 0 N–H and O–H groups in total. The maximum Gasteiger partial charge on any atom is 0.333 e. The number of hydrogen-bond donors (Lipinski definition) is 0. The molecule has 2 heterocycles. The molecule has 1 fully saturated rings. The zero-order valence-electron chi connectivity index (χ0n) is 17.2.